The molecule has 0 amide bonds. The van der Waals surface area contributed by atoms with Crippen molar-refractivity contribution in [3.8, 4) is 22.4 Å². The number of hydrogen-bond acceptors (Lipinski definition) is 6. The smallest absolute Gasteiger partial charge is 0.160 e. The number of aromatic nitrogens is 3. The molecule has 0 spiro atoms. The molecule has 1 unspecified atom stereocenters. The van der Waals surface area contributed by atoms with E-state index in [1.165, 1.54) is 0 Å². The molecule has 3 aromatic heterocycles. The Hall–Kier alpha value is -3.45. The molecular weight excluding hydrogens is 503 g/mol. The summed E-state index contributed by atoms with van der Waals surface area (Å²) < 4.78 is 34.0. The van der Waals surface area contributed by atoms with Gasteiger partial charge in [-0.3, -0.25) is 14.9 Å². The van der Waals surface area contributed by atoms with Crippen LogP contribution in [0.5, 0.6) is 0 Å². The zero-order valence-corrected chi connectivity index (χ0v) is 22.0. The van der Waals surface area contributed by atoms with Crippen molar-refractivity contribution in [1.29, 1.82) is 0 Å². The van der Waals surface area contributed by atoms with Crippen molar-refractivity contribution in [2.24, 2.45) is 4.99 Å². The number of morpholine rings is 1. The maximum absolute atomic E-state index is 14.6. The van der Waals surface area contributed by atoms with Gasteiger partial charge >= 0.3 is 0 Å². The molecule has 1 atom stereocenters. The van der Waals surface area contributed by atoms with E-state index in [2.05, 4.69) is 34.1 Å². The zero-order chi connectivity index (χ0) is 26.3. The number of ether oxygens (including phenoxy) is 1. The molecule has 38 heavy (non-hydrogen) atoms. The highest BCUT2D eigenvalue weighted by molar-refractivity contribution is 7.21. The molecule has 194 valence electrons. The van der Waals surface area contributed by atoms with Crippen LogP contribution in [0.2, 0.25) is 0 Å². The molecule has 0 radical (unpaired) electrons. The topological polar surface area (TPSA) is 63.5 Å². The zero-order valence-electron chi connectivity index (χ0n) is 20.9. The van der Waals surface area contributed by atoms with Crippen LogP contribution in [0.3, 0.4) is 0 Å². The summed E-state index contributed by atoms with van der Waals surface area (Å²) in [5.41, 5.74) is 4.23. The molecule has 0 bridgehead atoms. The van der Waals surface area contributed by atoms with Gasteiger partial charge in [0, 0.05) is 78.6 Å². The Bertz CT molecular complexity index is 1490. The molecule has 4 aromatic rings. The number of benzene rings is 1. The van der Waals surface area contributed by atoms with Crippen LogP contribution in [0, 0.1) is 11.6 Å². The van der Waals surface area contributed by atoms with Gasteiger partial charge in [-0.05, 0) is 54.4 Å². The summed E-state index contributed by atoms with van der Waals surface area (Å²) in [5.74, 6) is 0.838. The number of pyridine rings is 3. The highest BCUT2D eigenvalue weighted by Gasteiger charge is 2.15. The molecule has 9 heteroatoms. The Morgan fingerprint density at radius 3 is 2.79 bits per heavy atom. The van der Waals surface area contributed by atoms with E-state index in [-0.39, 0.29) is 5.56 Å². The van der Waals surface area contributed by atoms with Crippen LogP contribution in [-0.2, 0) is 4.74 Å². The third-order valence-corrected chi connectivity index (χ3v) is 6.81. The van der Waals surface area contributed by atoms with Gasteiger partial charge in [0.05, 0.1) is 18.9 Å². The maximum atomic E-state index is 14.6. The summed E-state index contributed by atoms with van der Waals surface area (Å²) in [6.07, 6.45) is 8.01. The first-order valence-corrected chi connectivity index (χ1v) is 13.2. The minimum Gasteiger partial charge on any atom is -0.379 e. The second kappa shape index (κ2) is 12.4. The van der Waals surface area contributed by atoms with Gasteiger partial charge in [-0.25, -0.2) is 18.7 Å². The normalized spacial score (nSPS) is 15.0. The first-order valence-electron chi connectivity index (χ1n) is 12.5. The monoisotopic (exact) mass is 531 g/mol. The summed E-state index contributed by atoms with van der Waals surface area (Å²) in [6.45, 7) is 5.30. The van der Waals surface area contributed by atoms with E-state index in [0.717, 1.165) is 91.7 Å². The van der Waals surface area contributed by atoms with E-state index in [0.29, 0.717) is 11.3 Å². The van der Waals surface area contributed by atoms with Crippen molar-refractivity contribution in [2.75, 3.05) is 39.4 Å². The first-order chi connectivity index (χ1) is 18.6. The number of fused-ring (bicyclic) bond motifs is 1. The number of hydrogen-bond donors (Lipinski definition) is 0. The van der Waals surface area contributed by atoms with E-state index in [9.17, 15) is 8.78 Å². The van der Waals surface area contributed by atoms with Gasteiger partial charge in [0.25, 0.3) is 0 Å². The fraction of sp³-hybridized carbons (Fsp3) is 0.241. The van der Waals surface area contributed by atoms with E-state index < -0.39 is 11.6 Å². The lowest BCUT2D eigenvalue weighted by atomic mass is 9.98. The van der Waals surface area contributed by atoms with Gasteiger partial charge in [-0.2, -0.15) is 0 Å². The molecule has 1 aliphatic heterocycles. The lowest BCUT2D eigenvalue weighted by molar-refractivity contribution is 0.0377. The lowest BCUT2D eigenvalue weighted by Gasteiger charge is -2.26. The molecule has 0 aliphatic carbocycles. The van der Waals surface area contributed by atoms with Crippen molar-refractivity contribution in [3.05, 3.63) is 84.1 Å². The van der Waals surface area contributed by atoms with Crippen molar-refractivity contribution in [1.82, 2.24) is 19.9 Å². The number of allylic oxidation sites excluding steroid dienone is 1. The second-order valence-electron chi connectivity index (χ2n) is 8.98. The molecule has 1 fully saturated rings. The second-order valence-corrected chi connectivity index (χ2v) is 9.31. The van der Waals surface area contributed by atoms with Gasteiger partial charge in [-0.1, -0.05) is 5.82 Å². The van der Waals surface area contributed by atoms with Crippen LogP contribution in [0.25, 0.3) is 39.0 Å². The molecule has 0 N–H and O–H groups in total. The Morgan fingerprint density at radius 1 is 1.08 bits per heavy atom. The molecule has 1 aliphatic rings. The third-order valence-electron chi connectivity index (χ3n) is 6.45. The molecule has 0 saturated carbocycles. The molecule has 6 nitrogen and oxygen atoms in total. The largest absolute Gasteiger partial charge is 0.379 e. The molecule has 4 heterocycles. The van der Waals surface area contributed by atoms with Crippen molar-refractivity contribution >= 4 is 32.1 Å². The predicted molar refractivity (Wildman–Crippen MR) is 151 cm³/mol. The maximum Gasteiger partial charge on any atom is 0.160 e. The number of rotatable bonds is 8. The number of aliphatic imine (C=N–C) groups is 1. The Kier molecular flexibility index (Phi) is 8.54. The van der Waals surface area contributed by atoms with Gasteiger partial charge in [0.15, 0.2) is 5.65 Å². The summed E-state index contributed by atoms with van der Waals surface area (Å²) in [7, 11) is 2.63. The van der Waals surface area contributed by atoms with Crippen LogP contribution in [0.4, 0.5) is 8.78 Å². The van der Waals surface area contributed by atoms with Crippen molar-refractivity contribution < 1.29 is 13.5 Å². The van der Waals surface area contributed by atoms with E-state index in [1.54, 1.807) is 24.7 Å². The van der Waals surface area contributed by atoms with Crippen LogP contribution in [-0.4, -0.2) is 65.5 Å². The van der Waals surface area contributed by atoms with E-state index in [4.69, 9.17) is 4.74 Å². The van der Waals surface area contributed by atoms with Crippen molar-refractivity contribution in [2.45, 2.75) is 6.42 Å². The van der Waals surface area contributed by atoms with Gasteiger partial charge in [0.1, 0.15) is 11.6 Å². The van der Waals surface area contributed by atoms with Crippen molar-refractivity contribution in [3.63, 3.8) is 0 Å². The average molecular weight is 532 g/mol. The minimum atomic E-state index is -0.551. The fourth-order valence-corrected chi connectivity index (χ4v) is 4.74. The lowest BCUT2D eigenvalue weighted by Crippen LogP contribution is -2.37. The Morgan fingerprint density at radius 2 is 1.95 bits per heavy atom. The van der Waals surface area contributed by atoms with Gasteiger partial charge in [-0.15, -0.1) is 9.24 Å². The van der Waals surface area contributed by atoms with Crippen LogP contribution < -0.4 is 0 Å². The Balaban J connectivity index is 1.42. The molecule has 1 aromatic carbocycles. The van der Waals surface area contributed by atoms with Gasteiger partial charge < -0.3 is 4.74 Å². The number of halogens is 2. The van der Waals surface area contributed by atoms with Crippen LogP contribution >= 0.6 is 9.24 Å². The van der Waals surface area contributed by atoms with E-state index >= 15 is 0 Å². The molecule has 1 saturated heterocycles. The Labute approximate surface area is 222 Å². The highest BCUT2D eigenvalue weighted by Crippen LogP contribution is 2.33. The summed E-state index contributed by atoms with van der Waals surface area (Å²) in [4.78, 5) is 20.4. The summed E-state index contributed by atoms with van der Waals surface area (Å²) in [6, 6.07) is 10.8. The summed E-state index contributed by atoms with van der Waals surface area (Å²) in [5, 5.41) is 0.792. The average Bonchev–Trinajstić information content (AvgIpc) is 2.96. The third kappa shape index (κ3) is 6.16. The minimum absolute atomic E-state index is 0.0812. The number of nitrogens with zero attached hydrogens (tertiary/aromatic N) is 5. The quantitative estimate of drug-likeness (QED) is 0.167. The predicted octanol–water partition coefficient (Wildman–Crippen LogP) is 5.65. The van der Waals surface area contributed by atoms with Gasteiger partial charge in [0.2, 0.25) is 0 Å². The SMILES string of the molecule is Fc1ccc(F)c(-c2cc(-c3cncc(C(C=NCCCN4CCOCC4)=CP)c3)c3cccnc3n2)c1. The van der Waals surface area contributed by atoms with Crippen LogP contribution in [0.1, 0.15) is 12.0 Å². The first kappa shape index (κ1) is 26.2. The van der Waals surface area contributed by atoms with Crippen LogP contribution in [0.15, 0.2) is 71.9 Å². The van der Waals surface area contributed by atoms with E-state index in [1.807, 2.05) is 30.2 Å². The molecular formula is C29H28F2N5OP. The standard InChI is InChI=1S/C29H28F2N5OP/c30-23-4-5-27(31)26(14-23)28-15-25(24-3-1-7-34-29(24)35-28)21-13-20(16-33-17-21)22(19-38)18-32-6-2-8-36-9-11-37-12-10-36/h1,3-5,7,13-19H,2,6,8-12,38H2. The fourth-order valence-electron chi connectivity index (χ4n) is 4.46. The summed E-state index contributed by atoms with van der Waals surface area (Å²) >= 11 is 0. The molecule has 5 rings (SSSR count). The highest BCUT2D eigenvalue weighted by atomic mass is 31.0.